The lowest BCUT2D eigenvalue weighted by atomic mass is 10.1. The Bertz CT molecular complexity index is 277. The van der Waals surface area contributed by atoms with Gasteiger partial charge in [-0.3, -0.25) is 0 Å². The molecule has 6 nitrogen and oxygen atoms in total. The van der Waals surface area contributed by atoms with Crippen molar-refractivity contribution < 1.29 is 28.8 Å². The molecule has 98 valence electrons. The first-order valence-corrected chi connectivity index (χ1v) is 5.27. The van der Waals surface area contributed by atoms with Crippen LogP contribution < -0.4 is 0 Å². The largest absolute Gasteiger partial charge is 0.466 e. The number of aliphatic hydroxyl groups excluding tert-OH is 1. The molecule has 0 aliphatic carbocycles. The van der Waals surface area contributed by atoms with Crippen LogP contribution in [-0.2, 0) is 23.7 Å². The number of hydrogen-bond acceptors (Lipinski definition) is 6. The van der Waals surface area contributed by atoms with E-state index >= 15 is 0 Å². The number of rotatable bonds is 8. The van der Waals surface area contributed by atoms with Crippen LogP contribution in [0, 0.1) is 0 Å². The summed E-state index contributed by atoms with van der Waals surface area (Å²) in [6.07, 6.45) is -0.533. The SMILES string of the molecule is C=C(C[C@@H](OCOC)[C@@H]1O[C@@H]1CO)C(=O)OC. The standard InChI is InChI=1S/C11H18O6/c1-7(11(13)15-3)4-8(16-6-14-2)10-9(5-12)17-10/h8-10,12H,1,4-6H2,2-3H3/t8-,9-,10+/m1/s1. The van der Waals surface area contributed by atoms with Crippen LogP contribution in [-0.4, -0.2) is 57.0 Å². The zero-order chi connectivity index (χ0) is 12.8. The van der Waals surface area contributed by atoms with E-state index in [1.54, 1.807) is 0 Å². The van der Waals surface area contributed by atoms with E-state index in [1.165, 1.54) is 14.2 Å². The average molecular weight is 246 g/mol. The van der Waals surface area contributed by atoms with E-state index in [2.05, 4.69) is 11.3 Å². The molecule has 1 N–H and O–H groups in total. The highest BCUT2D eigenvalue weighted by molar-refractivity contribution is 5.87. The molecule has 1 rings (SSSR count). The Hall–Kier alpha value is -0.950. The molecule has 1 fully saturated rings. The number of esters is 1. The van der Waals surface area contributed by atoms with Crippen molar-refractivity contribution in [1.29, 1.82) is 0 Å². The first-order chi connectivity index (χ1) is 8.13. The molecular weight excluding hydrogens is 228 g/mol. The molecule has 0 aromatic heterocycles. The van der Waals surface area contributed by atoms with Crippen LogP contribution in [0.2, 0.25) is 0 Å². The summed E-state index contributed by atoms with van der Waals surface area (Å²) in [6.45, 7) is 3.65. The molecule has 0 radical (unpaired) electrons. The second-order valence-electron chi connectivity index (χ2n) is 3.73. The molecule has 3 atom stereocenters. The minimum atomic E-state index is -0.475. The van der Waals surface area contributed by atoms with Gasteiger partial charge in [-0.2, -0.15) is 0 Å². The fourth-order valence-electron chi connectivity index (χ4n) is 1.53. The maximum Gasteiger partial charge on any atom is 0.333 e. The average Bonchev–Trinajstić information content (AvgIpc) is 3.12. The van der Waals surface area contributed by atoms with Gasteiger partial charge >= 0.3 is 5.97 Å². The summed E-state index contributed by atoms with van der Waals surface area (Å²) >= 11 is 0. The number of aliphatic hydroxyl groups is 1. The molecule has 17 heavy (non-hydrogen) atoms. The van der Waals surface area contributed by atoms with E-state index < -0.39 is 5.97 Å². The summed E-state index contributed by atoms with van der Waals surface area (Å²) < 4.78 is 20.0. The smallest absolute Gasteiger partial charge is 0.333 e. The molecule has 1 aliphatic rings. The van der Waals surface area contributed by atoms with Gasteiger partial charge < -0.3 is 24.1 Å². The van der Waals surface area contributed by atoms with Gasteiger partial charge in [0.15, 0.2) is 0 Å². The number of carbonyl (C=O) groups excluding carboxylic acids is 1. The first kappa shape index (κ1) is 14.1. The van der Waals surface area contributed by atoms with Gasteiger partial charge in [0.05, 0.1) is 19.8 Å². The third-order valence-corrected chi connectivity index (χ3v) is 2.49. The molecule has 0 bridgehead atoms. The summed E-state index contributed by atoms with van der Waals surface area (Å²) in [5.41, 5.74) is 0.306. The summed E-state index contributed by atoms with van der Waals surface area (Å²) in [6, 6.07) is 0. The van der Waals surface area contributed by atoms with Crippen molar-refractivity contribution in [3.8, 4) is 0 Å². The zero-order valence-electron chi connectivity index (χ0n) is 10.0. The molecule has 0 aromatic carbocycles. The number of methoxy groups -OCH3 is 2. The highest BCUT2D eigenvalue weighted by Gasteiger charge is 2.45. The molecule has 0 spiro atoms. The highest BCUT2D eigenvalue weighted by atomic mass is 16.7. The Balaban J connectivity index is 2.46. The van der Waals surface area contributed by atoms with Gasteiger partial charge in [-0.1, -0.05) is 6.58 Å². The molecular formula is C11H18O6. The monoisotopic (exact) mass is 246 g/mol. The Morgan fingerprint density at radius 2 is 2.24 bits per heavy atom. The third kappa shape index (κ3) is 4.08. The Kier molecular flexibility index (Phi) is 5.57. The number of ether oxygens (including phenoxy) is 4. The van der Waals surface area contributed by atoms with Crippen LogP contribution in [0.5, 0.6) is 0 Å². The topological polar surface area (TPSA) is 77.5 Å². The Morgan fingerprint density at radius 1 is 1.53 bits per heavy atom. The second-order valence-corrected chi connectivity index (χ2v) is 3.73. The van der Waals surface area contributed by atoms with Crippen LogP contribution >= 0.6 is 0 Å². The van der Waals surface area contributed by atoms with Crippen LogP contribution in [0.1, 0.15) is 6.42 Å². The molecule has 1 saturated heterocycles. The van der Waals surface area contributed by atoms with E-state index in [0.29, 0.717) is 5.57 Å². The second kappa shape index (κ2) is 6.70. The minimum Gasteiger partial charge on any atom is -0.466 e. The van der Waals surface area contributed by atoms with Crippen molar-refractivity contribution in [1.82, 2.24) is 0 Å². The van der Waals surface area contributed by atoms with Gasteiger partial charge in [-0.15, -0.1) is 0 Å². The minimum absolute atomic E-state index is 0.0673. The van der Waals surface area contributed by atoms with Gasteiger partial charge in [-0.05, 0) is 0 Å². The lowest BCUT2D eigenvalue weighted by Gasteiger charge is -2.15. The third-order valence-electron chi connectivity index (χ3n) is 2.49. The van der Waals surface area contributed by atoms with Crippen molar-refractivity contribution in [2.75, 3.05) is 27.6 Å². The van der Waals surface area contributed by atoms with Gasteiger partial charge in [-0.25, -0.2) is 4.79 Å². The lowest BCUT2D eigenvalue weighted by molar-refractivity contribution is -0.137. The van der Waals surface area contributed by atoms with Gasteiger partial charge in [0.25, 0.3) is 0 Å². The van der Waals surface area contributed by atoms with E-state index in [9.17, 15) is 4.79 Å². The van der Waals surface area contributed by atoms with E-state index in [-0.39, 0.29) is 38.1 Å². The van der Waals surface area contributed by atoms with Crippen molar-refractivity contribution in [2.24, 2.45) is 0 Å². The van der Waals surface area contributed by atoms with Crippen molar-refractivity contribution in [3.05, 3.63) is 12.2 Å². The molecule has 1 heterocycles. The maximum atomic E-state index is 11.2. The summed E-state index contributed by atoms with van der Waals surface area (Å²) in [4.78, 5) is 11.2. The summed E-state index contributed by atoms with van der Waals surface area (Å²) in [5.74, 6) is -0.475. The molecule has 0 saturated carbocycles. The molecule has 1 aliphatic heterocycles. The van der Waals surface area contributed by atoms with Crippen molar-refractivity contribution in [3.63, 3.8) is 0 Å². The highest BCUT2D eigenvalue weighted by Crippen LogP contribution is 2.30. The first-order valence-electron chi connectivity index (χ1n) is 5.27. The predicted octanol–water partition coefficient (Wildman–Crippen LogP) is -0.146. The predicted molar refractivity (Wildman–Crippen MR) is 58.3 cm³/mol. The zero-order valence-corrected chi connectivity index (χ0v) is 10.0. The van der Waals surface area contributed by atoms with Gasteiger partial charge in [0.1, 0.15) is 19.0 Å². The Morgan fingerprint density at radius 3 is 2.71 bits per heavy atom. The van der Waals surface area contributed by atoms with Crippen LogP contribution in [0.15, 0.2) is 12.2 Å². The summed E-state index contributed by atoms with van der Waals surface area (Å²) in [5, 5.41) is 8.91. The number of hydrogen-bond donors (Lipinski definition) is 1. The van der Waals surface area contributed by atoms with Gasteiger partial charge in [0, 0.05) is 19.1 Å². The van der Waals surface area contributed by atoms with E-state index in [4.69, 9.17) is 19.3 Å². The quantitative estimate of drug-likeness (QED) is 0.278. The molecule has 0 aromatic rings. The fraction of sp³-hybridized carbons (Fsp3) is 0.727. The van der Waals surface area contributed by atoms with Crippen LogP contribution in [0.25, 0.3) is 0 Å². The number of carbonyl (C=O) groups is 1. The van der Waals surface area contributed by atoms with Crippen molar-refractivity contribution >= 4 is 5.97 Å². The summed E-state index contributed by atoms with van der Waals surface area (Å²) in [7, 11) is 2.80. The lowest BCUT2D eigenvalue weighted by Crippen LogP contribution is -2.25. The van der Waals surface area contributed by atoms with E-state index in [0.717, 1.165) is 0 Å². The fourth-order valence-corrected chi connectivity index (χ4v) is 1.53. The normalized spacial score (nSPS) is 24.2. The maximum absolute atomic E-state index is 11.2. The van der Waals surface area contributed by atoms with Gasteiger partial charge in [0.2, 0.25) is 0 Å². The Labute approximate surface area is 100 Å². The van der Waals surface area contributed by atoms with Crippen molar-refractivity contribution in [2.45, 2.75) is 24.7 Å². The van der Waals surface area contributed by atoms with E-state index in [1.807, 2.05) is 0 Å². The van der Waals surface area contributed by atoms with Crippen LogP contribution in [0.4, 0.5) is 0 Å². The number of epoxide rings is 1. The molecule has 0 amide bonds. The molecule has 0 unspecified atom stereocenters. The van der Waals surface area contributed by atoms with Crippen LogP contribution in [0.3, 0.4) is 0 Å². The molecule has 6 heteroatoms.